The molecule has 34 heavy (non-hydrogen) atoms. The van der Waals surface area contributed by atoms with Gasteiger partial charge >= 0.3 is 0 Å². The molecular weight excluding hydrogens is 440 g/mol. The van der Waals surface area contributed by atoms with E-state index in [1.165, 1.54) is 18.2 Å². The molecule has 186 valence electrons. The van der Waals surface area contributed by atoms with Crippen LogP contribution < -0.4 is 22.9 Å². The summed E-state index contributed by atoms with van der Waals surface area (Å²) < 4.78 is 26.5. The van der Waals surface area contributed by atoms with E-state index in [1.807, 2.05) is 19.9 Å². The number of hydrogen-bond donors (Lipinski definition) is 6. The monoisotopic (exact) mass is 475 g/mol. The van der Waals surface area contributed by atoms with Crippen molar-refractivity contribution in [1.29, 1.82) is 5.41 Å². The minimum absolute atomic E-state index is 0.166. The van der Waals surface area contributed by atoms with Gasteiger partial charge in [0.1, 0.15) is 5.84 Å². The van der Waals surface area contributed by atoms with Gasteiger partial charge in [-0.05, 0) is 61.8 Å². The Hall–Kier alpha value is -3.15. The van der Waals surface area contributed by atoms with Crippen LogP contribution in [0.25, 0.3) is 0 Å². The number of nitrogen functional groups attached to an aromatic ring is 1. The second kappa shape index (κ2) is 12.9. The Balaban J connectivity index is 0.000000945. The smallest absolute Gasteiger partial charge is 0.263 e. The highest BCUT2D eigenvalue weighted by Gasteiger charge is 2.19. The lowest BCUT2D eigenvalue weighted by Gasteiger charge is -2.30. The number of aromatic amines is 1. The lowest BCUT2D eigenvalue weighted by Crippen LogP contribution is -2.39. The van der Waals surface area contributed by atoms with Crippen LogP contribution >= 0.6 is 0 Å². The minimum atomic E-state index is -2.72. The number of nitrogens with zero attached hydrogens (tertiary/aromatic N) is 3. The Bertz CT molecular complexity index is 987. The summed E-state index contributed by atoms with van der Waals surface area (Å²) in [5.74, 6) is -0.0613. The number of nitrogens with one attached hydrogen (secondary N) is 2. The maximum absolute atomic E-state index is 13.3. The minimum Gasteiger partial charge on any atom is -0.390 e. The van der Waals surface area contributed by atoms with Gasteiger partial charge in [-0.1, -0.05) is 13.8 Å². The van der Waals surface area contributed by atoms with E-state index in [1.54, 1.807) is 6.20 Å². The first kappa shape index (κ1) is 27.1. The van der Waals surface area contributed by atoms with Gasteiger partial charge in [0, 0.05) is 29.9 Å². The molecule has 0 bridgehead atoms. The molecule has 0 unspecified atom stereocenters. The number of likely N-dealkylation sites (tertiary alicyclic amines) is 1. The van der Waals surface area contributed by atoms with Crippen LogP contribution in [0, 0.1) is 5.41 Å². The maximum Gasteiger partial charge on any atom is 0.263 e. The molecule has 1 aliphatic heterocycles. The molecule has 2 heterocycles. The van der Waals surface area contributed by atoms with Gasteiger partial charge < -0.3 is 27.9 Å². The molecule has 0 spiro atoms. The standard InChI is InChI=1S/C20H26F2N8.C3H9N/c21-18(22)13-7-14(19(25)26)9-16(8-13)29-20(28-11-23)17-12(1-4-27-17)10-30-5-2-15(24)3-6-30;1-3(2)4/h1,4,7-9,11,15,18,27H,2-3,5-6,10,24H2,(H3,25,26)(H2,23,28,29);3H,4H2,1-2H3. The fourth-order valence-corrected chi connectivity index (χ4v) is 3.42. The number of alkyl halides is 2. The van der Waals surface area contributed by atoms with Crippen LogP contribution in [0.2, 0.25) is 0 Å². The number of rotatable bonds is 6. The summed E-state index contributed by atoms with van der Waals surface area (Å²) in [6, 6.07) is 6.40. The summed E-state index contributed by atoms with van der Waals surface area (Å²) in [6.45, 7) is 6.37. The van der Waals surface area contributed by atoms with E-state index in [2.05, 4.69) is 19.9 Å². The zero-order valence-electron chi connectivity index (χ0n) is 19.6. The Kier molecular flexibility index (Phi) is 10.3. The Morgan fingerprint density at radius 2 is 1.91 bits per heavy atom. The van der Waals surface area contributed by atoms with E-state index in [0.29, 0.717) is 18.3 Å². The Morgan fingerprint density at radius 1 is 1.26 bits per heavy atom. The van der Waals surface area contributed by atoms with E-state index >= 15 is 0 Å². The first-order valence-electron chi connectivity index (χ1n) is 11.1. The molecule has 1 aromatic carbocycles. The average molecular weight is 476 g/mol. The second-order valence-corrected chi connectivity index (χ2v) is 8.48. The first-order chi connectivity index (χ1) is 16.1. The predicted molar refractivity (Wildman–Crippen MR) is 134 cm³/mol. The highest BCUT2D eigenvalue weighted by molar-refractivity contribution is 6.04. The van der Waals surface area contributed by atoms with Gasteiger partial charge in [-0.2, -0.15) is 0 Å². The molecule has 1 aliphatic rings. The van der Waals surface area contributed by atoms with Crippen molar-refractivity contribution >= 4 is 23.7 Å². The van der Waals surface area contributed by atoms with Crippen molar-refractivity contribution < 1.29 is 8.78 Å². The van der Waals surface area contributed by atoms with E-state index in [0.717, 1.165) is 37.8 Å². The number of aliphatic imine (C=N–C) groups is 2. The summed E-state index contributed by atoms with van der Waals surface area (Å²) >= 11 is 0. The third-order valence-corrected chi connectivity index (χ3v) is 5.02. The summed E-state index contributed by atoms with van der Waals surface area (Å²) in [6.07, 6.45) is 2.04. The van der Waals surface area contributed by atoms with Gasteiger partial charge in [0.2, 0.25) is 0 Å². The molecule has 1 saturated heterocycles. The molecule has 1 fully saturated rings. The number of benzene rings is 1. The Labute approximate surface area is 198 Å². The van der Waals surface area contributed by atoms with Crippen molar-refractivity contribution in [1.82, 2.24) is 9.88 Å². The molecule has 0 saturated carbocycles. The number of hydrogen-bond acceptors (Lipinski definition) is 5. The van der Waals surface area contributed by atoms with Crippen LogP contribution in [0.5, 0.6) is 0 Å². The molecule has 3 rings (SSSR count). The number of aromatic nitrogens is 1. The lowest BCUT2D eigenvalue weighted by atomic mass is 10.1. The van der Waals surface area contributed by atoms with E-state index in [9.17, 15) is 8.78 Å². The van der Waals surface area contributed by atoms with E-state index in [4.69, 9.17) is 28.3 Å². The highest BCUT2D eigenvalue weighted by atomic mass is 19.3. The number of piperidine rings is 1. The normalized spacial score (nSPS) is 15.7. The molecular formula is C23H35F2N9. The van der Waals surface area contributed by atoms with Crippen molar-refractivity contribution in [2.24, 2.45) is 32.9 Å². The third kappa shape index (κ3) is 8.32. The molecule has 9 nitrogen and oxygen atoms in total. The quantitative estimate of drug-likeness (QED) is 0.278. The molecule has 0 aliphatic carbocycles. The lowest BCUT2D eigenvalue weighted by molar-refractivity contribution is 0.151. The van der Waals surface area contributed by atoms with Gasteiger partial charge in [0.15, 0.2) is 5.84 Å². The van der Waals surface area contributed by atoms with Crippen LogP contribution in [0.4, 0.5) is 14.5 Å². The number of halogens is 2. The SMILES string of the molecule is CC(C)N.N=C(N)c1cc(N=C(N=CN)c2[nH]ccc2CN2CCC(N)CC2)cc(C(F)F)c1. The molecule has 1 aromatic heterocycles. The fraction of sp³-hybridized carbons (Fsp3) is 0.435. The van der Waals surface area contributed by atoms with Crippen LogP contribution in [-0.2, 0) is 6.54 Å². The van der Waals surface area contributed by atoms with E-state index in [-0.39, 0.29) is 34.5 Å². The summed E-state index contributed by atoms with van der Waals surface area (Å²) in [5, 5.41) is 7.58. The number of H-pyrrole nitrogens is 1. The van der Waals surface area contributed by atoms with Gasteiger partial charge in [-0.25, -0.2) is 18.8 Å². The molecule has 0 radical (unpaired) electrons. The summed E-state index contributed by atoms with van der Waals surface area (Å²) in [4.78, 5) is 14.0. The van der Waals surface area contributed by atoms with Gasteiger partial charge in [-0.15, -0.1) is 0 Å². The predicted octanol–water partition coefficient (Wildman–Crippen LogP) is 2.58. The third-order valence-electron chi connectivity index (χ3n) is 5.02. The van der Waals surface area contributed by atoms with Gasteiger partial charge in [-0.3, -0.25) is 10.3 Å². The van der Waals surface area contributed by atoms with Crippen LogP contribution in [-0.4, -0.2) is 53.1 Å². The molecule has 0 amide bonds. The van der Waals surface area contributed by atoms with Gasteiger partial charge in [0.25, 0.3) is 6.43 Å². The van der Waals surface area contributed by atoms with Crippen molar-refractivity contribution in [3.05, 3.63) is 52.8 Å². The van der Waals surface area contributed by atoms with Crippen molar-refractivity contribution in [3.8, 4) is 0 Å². The average Bonchev–Trinajstić information content (AvgIpc) is 3.22. The molecule has 0 atom stereocenters. The molecule has 11 heteroatoms. The van der Waals surface area contributed by atoms with Crippen molar-refractivity contribution in [2.75, 3.05) is 13.1 Å². The Morgan fingerprint density at radius 3 is 2.47 bits per heavy atom. The summed E-state index contributed by atoms with van der Waals surface area (Å²) in [5.41, 5.74) is 23.8. The maximum atomic E-state index is 13.3. The molecule has 2 aromatic rings. The summed E-state index contributed by atoms with van der Waals surface area (Å²) in [7, 11) is 0. The van der Waals surface area contributed by atoms with Crippen LogP contribution in [0.1, 0.15) is 55.5 Å². The fourth-order valence-electron chi connectivity index (χ4n) is 3.42. The number of amidine groups is 2. The first-order valence-corrected chi connectivity index (χ1v) is 11.1. The van der Waals surface area contributed by atoms with Gasteiger partial charge in [0.05, 0.1) is 17.7 Å². The van der Waals surface area contributed by atoms with Crippen molar-refractivity contribution in [2.45, 2.75) is 51.7 Å². The zero-order valence-corrected chi connectivity index (χ0v) is 19.6. The van der Waals surface area contributed by atoms with Crippen LogP contribution in [0.3, 0.4) is 0 Å². The highest BCUT2D eigenvalue weighted by Crippen LogP contribution is 2.27. The van der Waals surface area contributed by atoms with Crippen molar-refractivity contribution in [3.63, 3.8) is 0 Å². The number of nitrogens with two attached hydrogens (primary N) is 4. The topological polar surface area (TPSA) is 172 Å². The molecule has 10 N–H and O–H groups in total. The zero-order chi connectivity index (χ0) is 25.3. The largest absolute Gasteiger partial charge is 0.390 e. The second-order valence-electron chi connectivity index (χ2n) is 8.48. The van der Waals surface area contributed by atoms with E-state index < -0.39 is 6.43 Å². The van der Waals surface area contributed by atoms with Crippen LogP contribution in [0.15, 0.2) is 40.4 Å².